The minimum Gasteiger partial charge on any atom is -0.480 e. The molecule has 4 N–H and O–H groups in total. The van der Waals surface area contributed by atoms with E-state index in [1.807, 2.05) is 0 Å². The van der Waals surface area contributed by atoms with Gasteiger partial charge in [-0.3, -0.25) is 4.79 Å². The Morgan fingerprint density at radius 2 is 2.27 bits per heavy atom. The molecule has 1 saturated heterocycles. The summed E-state index contributed by atoms with van der Waals surface area (Å²) in [5, 5.41) is 23.2. The maximum atomic E-state index is 11.5. The molecule has 0 saturated carbocycles. The Kier molecular flexibility index (Phi) is 4.05. The van der Waals surface area contributed by atoms with Gasteiger partial charge in [-0.15, -0.1) is 0 Å². The van der Waals surface area contributed by atoms with Crippen LogP contribution >= 0.6 is 0 Å². The van der Waals surface area contributed by atoms with Crippen LogP contribution in [-0.2, 0) is 9.59 Å². The zero-order valence-electron chi connectivity index (χ0n) is 8.56. The number of carboxylic acid groups (broad SMARTS) is 1. The summed E-state index contributed by atoms with van der Waals surface area (Å²) in [4.78, 5) is 22.2. The van der Waals surface area contributed by atoms with Crippen LogP contribution < -0.4 is 10.6 Å². The van der Waals surface area contributed by atoms with Crippen LogP contribution in [0.4, 0.5) is 0 Å². The Morgan fingerprint density at radius 3 is 2.67 bits per heavy atom. The number of carbonyl (C=O) groups excluding carboxylic acids is 1. The lowest BCUT2D eigenvalue weighted by atomic mass is 10.1. The minimum atomic E-state index is -1.04. The Morgan fingerprint density at radius 1 is 1.60 bits per heavy atom. The van der Waals surface area contributed by atoms with Crippen molar-refractivity contribution in [2.75, 3.05) is 6.54 Å². The van der Waals surface area contributed by atoms with Crippen LogP contribution in [-0.4, -0.2) is 46.8 Å². The van der Waals surface area contributed by atoms with E-state index in [9.17, 15) is 14.7 Å². The van der Waals surface area contributed by atoms with Crippen LogP contribution in [0, 0.1) is 0 Å². The van der Waals surface area contributed by atoms with E-state index in [2.05, 4.69) is 10.6 Å². The summed E-state index contributed by atoms with van der Waals surface area (Å²) in [5.41, 5.74) is 0. The lowest BCUT2D eigenvalue weighted by molar-refractivity contribution is -0.142. The van der Waals surface area contributed by atoms with Gasteiger partial charge in [0.25, 0.3) is 0 Å². The lowest BCUT2D eigenvalue weighted by Gasteiger charge is -2.15. The fraction of sp³-hybridized carbons (Fsp3) is 0.778. The third-order valence-electron chi connectivity index (χ3n) is 2.45. The predicted molar refractivity (Wildman–Crippen MR) is 52.3 cm³/mol. The molecule has 0 bridgehead atoms. The topological polar surface area (TPSA) is 98.7 Å². The number of aliphatic carboxylic acids is 1. The summed E-state index contributed by atoms with van der Waals surface area (Å²) in [6, 6.07) is -1.33. The van der Waals surface area contributed by atoms with Gasteiger partial charge in [-0.2, -0.15) is 0 Å². The van der Waals surface area contributed by atoms with Crippen molar-refractivity contribution >= 4 is 11.9 Å². The number of aliphatic hydroxyl groups excluding tert-OH is 1. The lowest BCUT2D eigenvalue weighted by Crippen LogP contribution is -2.47. The highest BCUT2D eigenvalue weighted by Gasteiger charge is 2.30. The van der Waals surface area contributed by atoms with Crippen molar-refractivity contribution in [3.05, 3.63) is 0 Å². The summed E-state index contributed by atoms with van der Waals surface area (Å²) in [7, 11) is 0. The van der Waals surface area contributed by atoms with Gasteiger partial charge in [-0.05, 0) is 12.8 Å². The number of carbonyl (C=O) groups is 2. The number of hydrogen-bond acceptors (Lipinski definition) is 4. The van der Waals surface area contributed by atoms with Crippen molar-refractivity contribution in [1.29, 1.82) is 0 Å². The smallest absolute Gasteiger partial charge is 0.326 e. The molecule has 6 nitrogen and oxygen atoms in total. The summed E-state index contributed by atoms with van der Waals surface area (Å²) in [6.45, 7) is 2.07. The fourth-order valence-electron chi connectivity index (χ4n) is 1.53. The molecule has 1 rings (SSSR count). The fourth-order valence-corrected chi connectivity index (χ4v) is 1.53. The number of carboxylic acids is 1. The van der Waals surface area contributed by atoms with Crippen LogP contribution in [0.2, 0.25) is 0 Å². The Labute approximate surface area is 87.7 Å². The third-order valence-corrected chi connectivity index (χ3v) is 2.45. The molecular formula is C9H16N2O4. The molecule has 86 valence electrons. The predicted octanol–water partition coefficient (Wildman–Crippen LogP) is -1.31. The van der Waals surface area contributed by atoms with Crippen molar-refractivity contribution in [2.24, 2.45) is 0 Å². The second-order valence-electron chi connectivity index (χ2n) is 3.66. The second-order valence-corrected chi connectivity index (χ2v) is 3.66. The molecule has 1 amide bonds. The van der Waals surface area contributed by atoms with Gasteiger partial charge in [0.05, 0.1) is 12.1 Å². The van der Waals surface area contributed by atoms with Crippen molar-refractivity contribution in [2.45, 2.75) is 38.0 Å². The van der Waals surface area contributed by atoms with E-state index in [1.165, 1.54) is 0 Å². The molecular weight excluding hydrogens is 200 g/mol. The van der Waals surface area contributed by atoms with Gasteiger partial charge >= 0.3 is 5.97 Å². The molecule has 0 aliphatic carbocycles. The second kappa shape index (κ2) is 5.09. The van der Waals surface area contributed by atoms with Gasteiger partial charge in [0.2, 0.25) is 5.91 Å². The number of aliphatic hydroxyl groups is 1. The monoisotopic (exact) mass is 216 g/mol. The average Bonchev–Trinajstić information content (AvgIpc) is 2.60. The number of rotatable bonds is 4. The molecule has 1 aliphatic heterocycles. The number of amides is 1. The van der Waals surface area contributed by atoms with E-state index < -0.39 is 24.2 Å². The highest BCUT2D eigenvalue weighted by atomic mass is 16.4. The molecule has 15 heavy (non-hydrogen) atoms. The molecule has 1 heterocycles. The van der Waals surface area contributed by atoms with Crippen LogP contribution in [0.5, 0.6) is 0 Å². The first-order valence-electron chi connectivity index (χ1n) is 4.99. The van der Waals surface area contributed by atoms with Crippen molar-refractivity contribution in [3.8, 4) is 0 Å². The van der Waals surface area contributed by atoms with E-state index >= 15 is 0 Å². The maximum Gasteiger partial charge on any atom is 0.326 e. The molecule has 1 fully saturated rings. The number of hydrogen-bond donors (Lipinski definition) is 4. The normalized spacial score (nSPS) is 27.3. The molecule has 0 aromatic rings. The Balaban J connectivity index is 2.44. The first kappa shape index (κ1) is 11.9. The zero-order chi connectivity index (χ0) is 11.4. The summed E-state index contributed by atoms with van der Waals surface area (Å²) < 4.78 is 0. The van der Waals surface area contributed by atoms with Crippen molar-refractivity contribution in [1.82, 2.24) is 10.6 Å². The SMILES string of the molecule is CC[C@@H](NC(=O)C1CC(O)CN1)C(=O)O. The van der Waals surface area contributed by atoms with Crippen LogP contribution in [0.1, 0.15) is 19.8 Å². The van der Waals surface area contributed by atoms with Gasteiger partial charge in [0.1, 0.15) is 6.04 Å². The van der Waals surface area contributed by atoms with E-state index in [0.717, 1.165) is 0 Å². The van der Waals surface area contributed by atoms with E-state index in [-0.39, 0.29) is 5.91 Å². The molecule has 2 unspecified atom stereocenters. The van der Waals surface area contributed by atoms with E-state index in [4.69, 9.17) is 5.11 Å². The van der Waals surface area contributed by atoms with Gasteiger partial charge in [-0.25, -0.2) is 4.79 Å². The van der Waals surface area contributed by atoms with Crippen LogP contribution in [0.15, 0.2) is 0 Å². The highest BCUT2D eigenvalue weighted by Crippen LogP contribution is 2.06. The number of β-amino-alcohol motifs (C(OH)–C–C–N with tert-alkyl or cyclic N) is 1. The summed E-state index contributed by atoms with van der Waals surface area (Å²) >= 11 is 0. The van der Waals surface area contributed by atoms with E-state index in [0.29, 0.717) is 19.4 Å². The average molecular weight is 216 g/mol. The molecule has 0 aromatic carbocycles. The molecule has 0 spiro atoms. The van der Waals surface area contributed by atoms with Gasteiger partial charge in [0, 0.05) is 6.54 Å². The standard InChI is InChI=1S/C9H16N2O4/c1-2-6(9(14)15)11-8(13)7-3-5(12)4-10-7/h5-7,10,12H,2-4H2,1H3,(H,11,13)(H,14,15)/t5?,6-,7?/m1/s1. The first-order valence-corrected chi connectivity index (χ1v) is 4.99. The molecule has 1 aliphatic rings. The van der Waals surface area contributed by atoms with Crippen LogP contribution in [0.3, 0.4) is 0 Å². The molecule has 0 radical (unpaired) electrons. The van der Waals surface area contributed by atoms with Crippen molar-refractivity contribution in [3.63, 3.8) is 0 Å². The first-order chi connectivity index (χ1) is 7.04. The summed E-state index contributed by atoms with van der Waals surface area (Å²) in [6.07, 6.45) is 0.156. The maximum absolute atomic E-state index is 11.5. The van der Waals surface area contributed by atoms with E-state index in [1.54, 1.807) is 6.92 Å². The third kappa shape index (κ3) is 3.17. The van der Waals surface area contributed by atoms with Crippen LogP contribution in [0.25, 0.3) is 0 Å². The quantitative estimate of drug-likeness (QED) is 0.467. The largest absolute Gasteiger partial charge is 0.480 e. The van der Waals surface area contributed by atoms with Crippen molar-refractivity contribution < 1.29 is 19.8 Å². The molecule has 6 heteroatoms. The summed E-state index contributed by atoms with van der Waals surface area (Å²) in [5.74, 6) is -1.40. The highest BCUT2D eigenvalue weighted by molar-refractivity contribution is 5.87. The van der Waals surface area contributed by atoms with Gasteiger partial charge < -0.3 is 20.8 Å². The zero-order valence-corrected chi connectivity index (χ0v) is 8.56. The van der Waals surface area contributed by atoms with Gasteiger partial charge in [0.15, 0.2) is 0 Å². The Hall–Kier alpha value is -1.14. The molecule has 3 atom stereocenters. The minimum absolute atomic E-state index is 0.335. The molecule has 0 aromatic heterocycles. The van der Waals surface area contributed by atoms with Gasteiger partial charge in [-0.1, -0.05) is 6.92 Å². The Bertz CT molecular complexity index is 256. The number of nitrogens with one attached hydrogen (secondary N) is 2.